The third kappa shape index (κ3) is 1.60. The molecule has 1 nitrogen and oxygen atoms in total. The van der Waals surface area contributed by atoms with Crippen molar-refractivity contribution < 1.29 is 4.42 Å². The van der Waals surface area contributed by atoms with Crippen molar-refractivity contribution in [3.63, 3.8) is 0 Å². The number of rotatable bonds is 0. The van der Waals surface area contributed by atoms with Crippen molar-refractivity contribution in [2.45, 2.75) is 0 Å². The minimum Gasteiger partial charge on any atom is -0.457 e. The molecule has 3 rings (SSSR count). The molecule has 0 radical (unpaired) electrons. The maximum atomic E-state index is 6.27. The van der Waals surface area contributed by atoms with Crippen LogP contribution >= 0.6 is 0 Å². The van der Waals surface area contributed by atoms with E-state index >= 15 is 0 Å². The maximum absolute atomic E-state index is 6.27. The molecule has 0 spiro atoms. The zero-order valence-corrected chi connectivity index (χ0v) is 13.5. The van der Waals surface area contributed by atoms with Gasteiger partial charge in [0.15, 0.2) is 0 Å². The summed E-state index contributed by atoms with van der Waals surface area (Å²) in [5, 5.41) is 2.57. The molecule has 0 amide bonds. The summed E-state index contributed by atoms with van der Waals surface area (Å²) >= 11 is 0. The lowest BCUT2D eigenvalue weighted by atomic mass is 9.65. The predicted molar refractivity (Wildman–Crippen MR) is 111 cm³/mol. The smallest absolute Gasteiger partial charge is 0.143 e. The average molecular weight is 251 g/mol. The van der Waals surface area contributed by atoms with Gasteiger partial charge in [0.05, 0.1) is 0 Å². The van der Waals surface area contributed by atoms with Crippen LogP contribution in [0.1, 0.15) is 0 Å². The molecule has 2 aromatic carbocycles. The lowest BCUT2D eigenvalue weighted by Gasteiger charge is -2.11. The Bertz CT molecular complexity index is 881. The van der Waals surface area contributed by atoms with Gasteiger partial charge in [-0.25, -0.2) is 0 Å². The summed E-state index contributed by atoms with van der Waals surface area (Å²) < 4.78 is 6.27. The summed E-state index contributed by atoms with van der Waals surface area (Å²) in [6, 6.07) is 2.28. The van der Waals surface area contributed by atoms with Gasteiger partial charge in [-0.1, -0.05) is 38.8 Å². The highest BCUT2D eigenvalue weighted by Crippen LogP contribution is 2.22. The first kappa shape index (κ1) is 13.7. The Morgan fingerprint density at radius 2 is 1.15 bits per heavy atom. The van der Waals surface area contributed by atoms with Crippen LogP contribution in [0.5, 0.6) is 0 Å². The van der Waals surface area contributed by atoms with E-state index < -0.39 is 0 Å². The molecule has 1 heterocycles. The van der Waals surface area contributed by atoms with Crippen LogP contribution in [0.25, 0.3) is 21.9 Å². The van der Waals surface area contributed by atoms with Gasteiger partial charge >= 0.3 is 0 Å². The first-order valence-electron chi connectivity index (χ1n) is 7.24. The van der Waals surface area contributed by atoms with E-state index in [0.29, 0.717) is 0 Å². The quantitative estimate of drug-likeness (QED) is 0.362. The molecule has 0 unspecified atom stereocenters. The molecule has 0 N–H and O–H groups in total. The Morgan fingerprint density at radius 3 is 1.80 bits per heavy atom. The monoisotopic (exact) mass is 252 g/mol. The number of fused-ring (bicyclic) bond motifs is 3. The fourth-order valence-corrected chi connectivity index (χ4v) is 3.21. The fraction of sp³-hybridized carbons (Fsp3) is 0. The number of hydrogen-bond donors (Lipinski definition) is 0. The molecule has 3 aromatic rings. The summed E-state index contributed by atoms with van der Waals surface area (Å²) in [6.45, 7) is 0. The van der Waals surface area contributed by atoms with Crippen LogP contribution in [-0.2, 0) is 0 Å². The van der Waals surface area contributed by atoms with E-state index in [4.69, 9.17) is 4.42 Å². The third-order valence-corrected chi connectivity index (χ3v) is 5.20. The minimum absolute atomic E-state index is 1.05. The first-order chi connectivity index (χ1) is 9.34. The number of hydrogen-bond acceptors (Lipinski definition) is 1. The summed E-state index contributed by atoms with van der Waals surface area (Å²) in [7, 11) is 15.3. The van der Waals surface area contributed by atoms with Gasteiger partial charge in [-0.2, -0.15) is 0 Å². The third-order valence-electron chi connectivity index (χ3n) is 5.20. The lowest BCUT2D eigenvalue weighted by Crippen LogP contribution is -2.47. The van der Waals surface area contributed by atoms with Crippen molar-refractivity contribution in [3.8, 4) is 0 Å². The highest BCUT2D eigenvalue weighted by Gasteiger charge is 2.17. The molecule has 0 saturated heterocycles. The van der Waals surface area contributed by atoms with Gasteiger partial charge < -0.3 is 4.42 Å². The SMILES string of the molecule is Bc1cc2c(oc3c(B)c(B)c(B)c(B)c32)c(B)c1B. The van der Waals surface area contributed by atoms with Gasteiger partial charge in [-0.15, -0.1) is 5.46 Å². The highest BCUT2D eigenvalue weighted by atomic mass is 16.3. The van der Waals surface area contributed by atoms with Gasteiger partial charge in [0.1, 0.15) is 66.1 Å². The first-order valence-corrected chi connectivity index (χ1v) is 7.24. The van der Waals surface area contributed by atoms with Crippen molar-refractivity contribution in [1.29, 1.82) is 0 Å². The molecular weight excluding hydrogens is 236 g/mol. The molecule has 0 atom stereocenters. The summed E-state index contributed by atoms with van der Waals surface area (Å²) in [6.07, 6.45) is 0. The minimum atomic E-state index is 1.05. The molecule has 0 fully saturated rings. The van der Waals surface area contributed by atoms with E-state index in [-0.39, 0.29) is 0 Å². The van der Waals surface area contributed by atoms with E-state index in [1.165, 1.54) is 49.0 Å². The van der Waals surface area contributed by atoms with Crippen molar-refractivity contribution in [2.75, 3.05) is 0 Å². The van der Waals surface area contributed by atoms with Gasteiger partial charge in [0.2, 0.25) is 0 Å². The largest absolute Gasteiger partial charge is 0.457 e. The Balaban J connectivity index is 2.67. The standard InChI is InChI=1S/C12H15B7O/c13-3-1-2-4-6(15)7(16)8(17)10(19)12(4)20-11(2)9(18)5(3)14/h1H,13-19H2. The van der Waals surface area contributed by atoms with Crippen LogP contribution in [0, 0.1) is 0 Å². The Labute approximate surface area is 126 Å². The molecule has 0 aliphatic rings. The van der Waals surface area contributed by atoms with E-state index in [1.54, 1.807) is 0 Å². The van der Waals surface area contributed by atoms with Crippen LogP contribution in [0.2, 0.25) is 0 Å². The fourth-order valence-electron chi connectivity index (χ4n) is 3.21. The van der Waals surface area contributed by atoms with Crippen molar-refractivity contribution >= 4 is 115 Å². The van der Waals surface area contributed by atoms with Crippen LogP contribution < -0.4 is 38.2 Å². The summed E-state index contributed by atoms with van der Waals surface area (Å²) in [5.41, 5.74) is 11.4. The number of benzene rings is 2. The normalized spacial score (nSPS) is 11.4. The van der Waals surface area contributed by atoms with Crippen molar-refractivity contribution in [1.82, 2.24) is 0 Å². The van der Waals surface area contributed by atoms with E-state index in [2.05, 4.69) is 61.0 Å². The molecule has 0 bridgehead atoms. The van der Waals surface area contributed by atoms with Gasteiger partial charge in [0, 0.05) is 10.8 Å². The molecule has 0 aliphatic heterocycles. The zero-order chi connectivity index (χ0) is 14.8. The summed E-state index contributed by atoms with van der Waals surface area (Å²) in [4.78, 5) is 0. The highest BCUT2D eigenvalue weighted by molar-refractivity contribution is 6.68. The molecule has 20 heavy (non-hydrogen) atoms. The van der Waals surface area contributed by atoms with E-state index in [0.717, 1.165) is 11.2 Å². The van der Waals surface area contributed by atoms with Crippen LogP contribution in [0.4, 0.5) is 0 Å². The second-order valence-electron chi connectivity index (χ2n) is 6.13. The topological polar surface area (TPSA) is 13.1 Å². The van der Waals surface area contributed by atoms with Gasteiger partial charge in [-0.05, 0) is 0 Å². The molecule has 1 aromatic heterocycles. The maximum Gasteiger partial charge on any atom is 0.143 e. The van der Waals surface area contributed by atoms with Gasteiger partial charge in [-0.3, -0.25) is 0 Å². The average Bonchev–Trinajstić information content (AvgIpc) is 2.80. The Hall–Kier alpha value is -1.31. The predicted octanol–water partition coefficient (Wildman–Crippen LogP) is -8.61. The summed E-state index contributed by atoms with van der Waals surface area (Å²) in [5.74, 6) is 0. The van der Waals surface area contributed by atoms with E-state index in [9.17, 15) is 0 Å². The molecule has 8 heteroatoms. The van der Waals surface area contributed by atoms with Crippen molar-refractivity contribution in [2.24, 2.45) is 0 Å². The molecule has 90 valence electrons. The van der Waals surface area contributed by atoms with Gasteiger partial charge in [0.25, 0.3) is 0 Å². The van der Waals surface area contributed by atoms with Crippen molar-refractivity contribution in [3.05, 3.63) is 6.07 Å². The molecule has 0 aliphatic carbocycles. The Kier molecular flexibility index (Phi) is 2.97. The van der Waals surface area contributed by atoms with Crippen LogP contribution in [0.15, 0.2) is 10.5 Å². The molecule has 0 saturated carbocycles. The van der Waals surface area contributed by atoms with E-state index in [1.807, 2.05) is 0 Å². The number of furan rings is 1. The lowest BCUT2D eigenvalue weighted by molar-refractivity contribution is 0.675. The second kappa shape index (κ2) is 4.34. The molecular formula is C12H15B7O. The van der Waals surface area contributed by atoms with Crippen LogP contribution in [0.3, 0.4) is 0 Å². The zero-order valence-electron chi connectivity index (χ0n) is 13.5. The second-order valence-corrected chi connectivity index (χ2v) is 6.13. The van der Waals surface area contributed by atoms with Crippen LogP contribution in [-0.4, -0.2) is 54.9 Å². The Morgan fingerprint density at radius 1 is 0.600 bits per heavy atom.